The zero-order valence-electron chi connectivity index (χ0n) is 21.9. The van der Waals surface area contributed by atoms with Crippen molar-refractivity contribution in [3.63, 3.8) is 0 Å². The second kappa shape index (κ2) is 13.9. The molecular weight excluding hydrogens is 518 g/mol. The van der Waals surface area contributed by atoms with Gasteiger partial charge in [-0.3, -0.25) is 19.2 Å². The quantitative estimate of drug-likeness (QED) is 0.152. The van der Waals surface area contributed by atoms with E-state index in [9.17, 15) is 29.1 Å². The number of para-hydroxylation sites is 1. The van der Waals surface area contributed by atoms with Crippen LogP contribution in [0.5, 0.6) is 0 Å². The first-order valence-corrected chi connectivity index (χ1v) is 12.8. The number of hydrogen-bond acceptors (Lipinski definition) is 6. The molecule has 0 saturated carbocycles. The maximum atomic E-state index is 13.2. The summed E-state index contributed by atoms with van der Waals surface area (Å²) in [6.45, 7) is 1.35. The van der Waals surface area contributed by atoms with E-state index in [1.807, 2.05) is 30.3 Å². The number of aromatic amines is 1. The van der Waals surface area contributed by atoms with Gasteiger partial charge in [0.2, 0.25) is 17.7 Å². The number of nitrogens with two attached hydrogens (primary N) is 1. The second-order valence-electron chi connectivity index (χ2n) is 9.48. The van der Waals surface area contributed by atoms with Crippen molar-refractivity contribution in [3.05, 3.63) is 71.9 Å². The minimum Gasteiger partial charge on any atom is -0.481 e. The highest BCUT2D eigenvalue weighted by Crippen LogP contribution is 2.19. The lowest BCUT2D eigenvalue weighted by Crippen LogP contribution is -2.57. The lowest BCUT2D eigenvalue weighted by Gasteiger charge is -2.23. The number of carbonyl (C=O) groups is 5. The van der Waals surface area contributed by atoms with E-state index in [0.29, 0.717) is 0 Å². The average molecular weight is 552 g/mol. The summed E-state index contributed by atoms with van der Waals surface area (Å²) in [6, 6.07) is 11.9. The highest BCUT2D eigenvalue weighted by atomic mass is 16.4. The maximum Gasteiger partial charge on any atom is 0.326 e. The molecule has 4 unspecified atom stereocenters. The molecule has 0 radical (unpaired) electrons. The van der Waals surface area contributed by atoms with Gasteiger partial charge in [-0.25, -0.2) is 4.79 Å². The van der Waals surface area contributed by atoms with Crippen molar-refractivity contribution in [2.45, 2.75) is 56.8 Å². The van der Waals surface area contributed by atoms with E-state index >= 15 is 0 Å². The molecule has 0 spiro atoms. The Bertz CT molecular complexity index is 1360. The Hall–Kier alpha value is -4.71. The van der Waals surface area contributed by atoms with Crippen LogP contribution in [0.4, 0.5) is 0 Å². The van der Waals surface area contributed by atoms with Crippen molar-refractivity contribution in [2.75, 3.05) is 0 Å². The lowest BCUT2D eigenvalue weighted by atomic mass is 10.0. The summed E-state index contributed by atoms with van der Waals surface area (Å²) >= 11 is 0. The third kappa shape index (κ3) is 8.40. The predicted molar refractivity (Wildman–Crippen MR) is 146 cm³/mol. The van der Waals surface area contributed by atoms with E-state index in [4.69, 9.17) is 10.8 Å². The first-order chi connectivity index (χ1) is 19.0. The summed E-state index contributed by atoms with van der Waals surface area (Å²) in [5.41, 5.74) is 8.72. The van der Waals surface area contributed by atoms with Crippen molar-refractivity contribution < 1.29 is 34.2 Å². The summed E-state index contributed by atoms with van der Waals surface area (Å²) < 4.78 is 0. The van der Waals surface area contributed by atoms with Crippen LogP contribution in [-0.4, -0.2) is 69.0 Å². The molecule has 1 aromatic heterocycles. The van der Waals surface area contributed by atoms with Gasteiger partial charge in [0.25, 0.3) is 0 Å². The van der Waals surface area contributed by atoms with Gasteiger partial charge in [0.1, 0.15) is 18.1 Å². The molecule has 0 fully saturated rings. The molecule has 8 N–H and O–H groups in total. The number of carbonyl (C=O) groups excluding carboxylic acids is 3. The van der Waals surface area contributed by atoms with Gasteiger partial charge in [0, 0.05) is 29.9 Å². The molecule has 3 aromatic rings. The Morgan fingerprint density at radius 1 is 0.825 bits per heavy atom. The van der Waals surface area contributed by atoms with Gasteiger partial charge in [-0.15, -0.1) is 0 Å². The van der Waals surface area contributed by atoms with Gasteiger partial charge in [0.05, 0.1) is 6.04 Å². The smallest absolute Gasteiger partial charge is 0.326 e. The Morgan fingerprint density at radius 2 is 1.48 bits per heavy atom. The molecule has 0 saturated heterocycles. The van der Waals surface area contributed by atoms with Gasteiger partial charge in [-0.1, -0.05) is 48.5 Å². The zero-order chi connectivity index (χ0) is 29.2. The van der Waals surface area contributed by atoms with Crippen molar-refractivity contribution in [1.29, 1.82) is 0 Å². The third-order valence-corrected chi connectivity index (χ3v) is 6.38. The van der Waals surface area contributed by atoms with Crippen molar-refractivity contribution >= 4 is 40.6 Å². The van der Waals surface area contributed by atoms with Gasteiger partial charge in [-0.05, 0) is 37.0 Å². The summed E-state index contributed by atoms with van der Waals surface area (Å²) in [4.78, 5) is 64.2. The number of hydrogen-bond donors (Lipinski definition) is 7. The minimum absolute atomic E-state index is 0.114. The van der Waals surface area contributed by atoms with E-state index in [1.54, 1.807) is 30.5 Å². The first-order valence-electron chi connectivity index (χ1n) is 12.8. The Morgan fingerprint density at radius 3 is 2.15 bits per heavy atom. The molecular formula is C28H33N5O7. The van der Waals surface area contributed by atoms with Crippen LogP contribution in [0.2, 0.25) is 0 Å². The standard InChI is InChI=1S/C28H33N5O7/c1-16(25(36)32-22(28(39)40)11-12-24(34)35)31-27(38)23(13-17-7-3-2-4-8-17)33-26(37)20(29)14-18-15-30-21-10-6-5-9-19(18)21/h2-10,15-16,20,22-23,30H,11-14,29H2,1H3,(H,31,38)(H,32,36)(H,33,37)(H,34,35)(H,39,40). The highest BCUT2D eigenvalue weighted by molar-refractivity contribution is 5.94. The minimum atomic E-state index is -1.44. The largest absolute Gasteiger partial charge is 0.481 e. The predicted octanol–water partition coefficient (Wildman–Crippen LogP) is 0.704. The molecule has 0 aliphatic rings. The fourth-order valence-electron chi connectivity index (χ4n) is 4.17. The summed E-state index contributed by atoms with van der Waals surface area (Å²) in [5, 5.41) is 26.5. The molecule has 2 aromatic carbocycles. The fraction of sp³-hybridized carbons (Fsp3) is 0.321. The van der Waals surface area contributed by atoms with Crippen LogP contribution >= 0.6 is 0 Å². The number of benzene rings is 2. The number of rotatable bonds is 14. The lowest BCUT2D eigenvalue weighted by molar-refractivity contribution is -0.143. The molecule has 3 amide bonds. The number of H-pyrrole nitrogens is 1. The molecule has 0 aliphatic heterocycles. The van der Waals surface area contributed by atoms with Crippen LogP contribution in [0.1, 0.15) is 30.9 Å². The van der Waals surface area contributed by atoms with E-state index in [2.05, 4.69) is 20.9 Å². The number of aromatic nitrogens is 1. The van der Waals surface area contributed by atoms with Gasteiger partial charge in [-0.2, -0.15) is 0 Å². The van der Waals surface area contributed by atoms with Crippen LogP contribution < -0.4 is 21.7 Å². The molecule has 12 heteroatoms. The molecule has 40 heavy (non-hydrogen) atoms. The van der Waals surface area contributed by atoms with Crippen LogP contribution in [0.15, 0.2) is 60.8 Å². The van der Waals surface area contributed by atoms with Crippen molar-refractivity contribution in [3.8, 4) is 0 Å². The van der Waals surface area contributed by atoms with Gasteiger partial charge >= 0.3 is 11.9 Å². The fourth-order valence-corrected chi connectivity index (χ4v) is 4.17. The molecule has 4 atom stereocenters. The molecule has 3 rings (SSSR count). The number of amides is 3. The number of carboxylic acid groups (broad SMARTS) is 2. The van der Waals surface area contributed by atoms with Crippen molar-refractivity contribution in [1.82, 2.24) is 20.9 Å². The summed E-state index contributed by atoms with van der Waals surface area (Å²) in [5.74, 6) is -4.64. The highest BCUT2D eigenvalue weighted by Gasteiger charge is 2.29. The zero-order valence-corrected chi connectivity index (χ0v) is 21.9. The molecule has 0 aliphatic carbocycles. The summed E-state index contributed by atoms with van der Waals surface area (Å²) in [6.07, 6.45) is 1.34. The molecule has 212 valence electrons. The molecule has 12 nitrogen and oxygen atoms in total. The summed E-state index contributed by atoms with van der Waals surface area (Å²) in [7, 11) is 0. The number of aliphatic carboxylic acids is 2. The van der Waals surface area contributed by atoms with Gasteiger partial charge < -0.3 is 36.9 Å². The van der Waals surface area contributed by atoms with Crippen LogP contribution in [0.25, 0.3) is 10.9 Å². The number of nitrogens with one attached hydrogen (secondary N) is 4. The van der Waals surface area contributed by atoms with E-state index < -0.39 is 60.2 Å². The SMILES string of the molecule is CC(NC(=O)C(Cc1ccccc1)NC(=O)C(N)Cc1c[nH]c2ccccc12)C(=O)NC(CCC(=O)O)C(=O)O. The Labute approximate surface area is 230 Å². The average Bonchev–Trinajstić information content (AvgIpc) is 3.33. The van der Waals surface area contributed by atoms with E-state index in [0.717, 1.165) is 22.0 Å². The molecule has 0 bridgehead atoms. The van der Waals surface area contributed by atoms with E-state index in [-0.39, 0.29) is 19.3 Å². The third-order valence-electron chi connectivity index (χ3n) is 6.38. The van der Waals surface area contributed by atoms with Gasteiger partial charge in [0.15, 0.2) is 0 Å². The van der Waals surface area contributed by atoms with Crippen molar-refractivity contribution in [2.24, 2.45) is 5.73 Å². The van der Waals surface area contributed by atoms with Crippen LogP contribution in [0.3, 0.4) is 0 Å². The Balaban J connectivity index is 1.67. The first kappa shape index (κ1) is 29.8. The monoisotopic (exact) mass is 551 g/mol. The number of carboxylic acids is 2. The van der Waals surface area contributed by atoms with E-state index in [1.165, 1.54) is 6.92 Å². The maximum absolute atomic E-state index is 13.2. The molecule has 1 heterocycles. The Kier molecular flexibility index (Phi) is 10.4. The topological polar surface area (TPSA) is 204 Å². The second-order valence-corrected chi connectivity index (χ2v) is 9.48. The van der Waals surface area contributed by atoms with Crippen LogP contribution in [0, 0.1) is 0 Å². The normalized spacial score (nSPS) is 13.9. The van der Waals surface area contributed by atoms with Crippen LogP contribution in [-0.2, 0) is 36.8 Å². The number of fused-ring (bicyclic) bond motifs is 1.